The van der Waals surface area contributed by atoms with Gasteiger partial charge in [-0.3, -0.25) is 0 Å². The lowest BCUT2D eigenvalue weighted by molar-refractivity contribution is 0.347. The summed E-state index contributed by atoms with van der Waals surface area (Å²) in [4.78, 5) is 4.09. The van der Waals surface area contributed by atoms with E-state index in [4.69, 9.17) is 10.00 Å². The fourth-order valence-electron chi connectivity index (χ4n) is 0.866. The molecule has 0 aromatic carbocycles. The average molecular weight is 174 g/mol. The van der Waals surface area contributed by atoms with Crippen LogP contribution >= 0.6 is 0 Å². The van der Waals surface area contributed by atoms with Gasteiger partial charge in [-0.05, 0) is 19.1 Å². The van der Waals surface area contributed by atoms with Gasteiger partial charge in [-0.2, -0.15) is 5.26 Å². The smallest absolute Gasteiger partial charge is 0.232 e. The van der Waals surface area contributed by atoms with Gasteiger partial charge in [-0.15, -0.1) is 0 Å². The summed E-state index contributed by atoms with van der Waals surface area (Å²) in [6.45, 7) is 5.73. The Morgan fingerprint density at radius 3 is 3.08 bits per heavy atom. The van der Waals surface area contributed by atoms with Crippen LogP contribution in [0.25, 0.3) is 0 Å². The maximum Gasteiger partial charge on any atom is 0.232 e. The molecule has 3 heteroatoms. The van der Waals surface area contributed by atoms with E-state index in [1.165, 1.54) is 0 Å². The zero-order chi connectivity index (χ0) is 9.68. The van der Waals surface area contributed by atoms with E-state index >= 15 is 0 Å². The summed E-state index contributed by atoms with van der Waals surface area (Å²) in [6.07, 6.45) is 1.62. The van der Waals surface area contributed by atoms with E-state index in [0.717, 1.165) is 5.69 Å². The van der Waals surface area contributed by atoms with Crippen molar-refractivity contribution < 1.29 is 4.74 Å². The highest BCUT2D eigenvalue weighted by molar-refractivity contribution is 5.38. The van der Waals surface area contributed by atoms with Crippen molar-refractivity contribution in [1.29, 1.82) is 5.26 Å². The van der Waals surface area contributed by atoms with Gasteiger partial charge in [0.25, 0.3) is 0 Å². The van der Waals surface area contributed by atoms with Crippen molar-refractivity contribution >= 4 is 0 Å². The minimum Gasteiger partial charge on any atom is -0.473 e. The molecular formula is C10H10N2O. The standard InChI is InChI=1S/C10H10N2O/c1-3-6-13-10-9(7-11)5-4-8(2)12-10/h3-5H,1,6H2,2H3. The Balaban J connectivity index is 2.95. The van der Waals surface area contributed by atoms with Crippen LogP contribution in [0.3, 0.4) is 0 Å². The molecule has 1 aromatic heterocycles. The van der Waals surface area contributed by atoms with Crippen LogP contribution in [0, 0.1) is 18.3 Å². The number of pyridine rings is 1. The molecule has 0 atom stereocenters. The predicted molar refractivity (Wildman–Crippen MR) is 49.4 cm³/mol. The third-order valence-corrected chi connectivity index (χ3v) is 1.46. The molecule has 1 heterocycles. The third-order valence-electron chi connectivity index (χ3n) is 1.46. The first-order chi connectivity index (χ1) is 6.27. The van der Waals surface area contributed by atoms with Gasteiger partial charge in [0.1, 0.15) is 18.2 Å². The third kappa shape index (κ3) is 2.31. The van der Waals surface area contributed by atoms with Crippen LogP contribution in [0.1, 0.15) is 11.3 Å². The van der Waals surface area contributed by atoms with E-state index in [9.17, 15) is 0 Å². The number of rotatable bonds is 3. The highest BCUT2D eigenvalue weighted by Gasteiger charge is 2.03. The van der Waals surface area contributed by atoms with E-state index < -0.39 is 0 Å². The summed E-state index contributed by atoms with van der Waals surface area (Å²) in [6, 6.07) is 5.48. The molecule has 0 amide bonds. The minimum absolute atomic E-state index is 0.366. The largest absolute Gasteiger partial charge is 0.473 e. The molecule has 0 saturated carbocycles. The molecule has 0 spiro atoms. The molecule has 1 rings (SSSR count). The molecule has 0 bridgehead atoms. The molecule has 3 nitrogen and oxygen atoms in total. The molecular weight excluding hydrogens is 164 g/mol. The van der Waals surface area contributed by atoms with E-state index in [0.29, 0.717) is 18.1 Å². The van der Waals surface area contributed by atoms with Crippen LogP contribution < -0.4 is 4.74 Å². The van der Waals surface area contributed by atoms with Gasteiger partial charge in [0.2, 0.25) is 5.88 Å². The van der Waals surface area contributed by atoms with E-state index in [2.05, 4.69) is 11.6 Å². The molecule has 0 aliphatic carbocycles. The van der Waals surface area contributed by atoms with Crippen molar-refractivity contribution in [3.8, 4) is 11.9 Å². The number of ether oxygens (including phenoxy) is 1. The molecule has 0 unspecified atom stereocenters. The van der Waals surface area contributed by atoms with Crippen molar-refractivity contribution in [3.63, 3.8) is 0 Å². The summed E-state index contributed by atoms with van der Waals surface area (Å²) in [7, 11) is 0. The monoisotopic (exact) mass is 174 g/mol. The minimum atomic E-state index is 0.366. The van der Waals surface area contributed by atoms with Crippen molar-refractivity contribution in [3.05, 3.63) is 36.0 Å². The van der Waals surface area contributed by atoms with Crippen LogP contribution in [-0.4, -0.2) is 11.6 Å². The van der Waals surface area contributed by atoms with E-state index in [1.807, 2.05) is 13.0 Å². The zero-order valence-corrected chi connectivity index (χ0v) is 7.45. The second-order valence-corrected chi connectivity index (χ2v) is 2.52. The fraction of sp³-hybridized carbons (Fsp3) is 0.200. The summed E-state index contributed by atoms with van der Waals surface area (Å²) >= 11 is 0. The Labute approximate surface area is 77.3 Å². The average Bonchev–Trinajstić information content (AvgIpc) is 2.15. The van der Waals surface area contributed by atoms with Gasteiger partial charge in [0.05, 0.1) is 0 Å². The van der Waals surface area contributed by atoms with Crippen LogP contribution in [0.5, 0.6) is 5.88 Å². The first kappa shape index (κ1) is 9.27. The topological polar surface area (TPSA) is 45.9 Å². The van der Waals surface area contributed by atoms with E-state index in [-0.39, 0.29) is 0 Å². The van der Waals surface area contributed by atoms with Gasteiger partial charge < -0.3 is 4.74 Å². The SMILES string of the molecule is C=CCOc1nc(C)ccc1C#N. The second-order valence-electron chi connectivity index (χ2n) is 2.52. The number of aromatic nitrogens is 1. The Bertz CT molecular complexity index is 352. The number of nitriles is 1. The molecule has 66 valence electrons. The molecule has 0 fully saturated rings. The molecule has 13 heavy (non-hydrogen) atoms. The fourth-order valence-corrected chi connectivity index (χ4v) is 0.866. The van der Waals surface area contributed by atoms with Gasteiger partial charge >= 0.3 is 0 Å². The van der Waals surface area contributed by atoms with Gasteiger partial charge in [-0.1, -0.05) is 12.7 Å². The lowest BCUT2D eigenvalue weighted by Gasteiger charge is -2.04. The zero-order valence-electron chi connectivity index (χ0n) is 7.45. The lowest BCUT2D eigenvalue weighted by Crippen LogP contribution is -1.99. The summed E-state index contributed by atoms with van der Waals surface area (Å²) < 4.78 is 5.21. The van der Waals surface area contributed by atoms with Crippen molar-refractivity contribution in [1.82, 2.24) is 4.98 Å². The van der Waals surface area contributed by atoms with Crippen LogP contribution in [-0.2, 0) is 0 Å². The van der Waals surface area contributed by atoms with Crippen LogP contribution in [0.15, 0.2) is 24.8 Å². The van der Waals surface area contributed by atoms with Crippen molar-refractivity contribution in [2.45, 2.75) is 6.92 Å². The Kier molecular flexibility index (Phi) is 3.04. The quantitative estimate of drug-likeness (QED) is 0.656. The molecule has 0 saturated heterocycles. The molecule has 0 radical (unpaired) electrons. The van der Waals surface area contributed by atoms with E-state index in [1.54, 1.807) is 18.2 Å². The summed E-state index contributed by atoms with van der Waals surface area (Å²) in [5, 5.41) is 8.71. The number of hydrogen-bond acceptors (Lipinski definition) is 3. The maximum atomic E-state index is 8.71. The van der Waals surface area contributed by atoms with Crippen LogP contribution in [0.2, 0.25) is 0 Å². The highest BCUT2D eigenvalue weighted by atomic mass is 16.5. The molecule has 0 N–H and O–H groups in total. The highest BCUT2D eigenvalue weighted by Crippen LogP contribution is 2.14. The van der Waals surface area contributed by atoms with Gasteiger partial charge in [-0.25, -0.2) is 4.98 Å². The number of nitrogens with zero attached hydrogens (tertiary/aromatic N) is 2. The lowest BCUT2D eigenvalue weighted by atomic mass is 10.2. The summed E-state index contributed by atoms with van der Waals surface area (Å²) in [5.41, 5.74) is 1.28. The maximum absolute atomic E-state index is 8.71. The first-order valence-electron chi connectivity index (χ1n) is 3.89. The second kappa shape index (κ2) is 4.27. The Hall–Kier alpha value is -1.82. The first-order valence-corrected chi connectivity index (χ1v) is 3.89. The van der Waals surface area contributed by atoms with Crippen molar-refractivity contribution in [2.24, 2.45) is 0 Å². The van der Waals surface area contributed by atoms with Gasteiger partial charge in [0, 0.05) is 5.69 Å². The predicted octanol–water partition coefficient (Wildman–Crippen LogP) is 1.83. The Morgan fingerprint density at radius 2 is 2.46 bits per heavy atom. The molecule has 1 aromatic rings. The van der Waals surface area contributed by atoms with Crippen LogP contribution in [0.4, 0.5) is 0 Å². The number of aryl methyl sites for hydroxylation is 1. The van der Waals surface area contributed by atoms with Gasteiger partial charge in [0.15, 0.2) is 0 Å². The number of hydrogen-bond donors (Lipinski definition) is 0. The normalized spacial score (nSPS) is 8.92. The Morgan fingerprint density at radius 1 is 1.69 bits per heavy atom. The molecule has 0 aliphatic heterocycles. The molecule has 0 aliphatic rings. The summed E-state index contributed by atoms with van der Waals surface area (Å²) in [5.74, 6) is 0.377. The van der Waals surface area contributed by atoms with Crippen molar-refractivity contribution in [2.75, 3.05) is 6.61 Å².